The molecule has 1 heterocycles. The number of nitrogens with zero attached hydrogens (tertiary/aromatic N) is 2. The fourth-order valence-corrected chi connectivity index (χ4v) is 4.65. The van der Waals surface area contributed by atoms with Crippen molar-refractivity contribution in [2.24, 2.45) is 4.40 Å². The molecular weight excluding hydrogens is 356 g/mol. The Bertz CT molecular complexity index is 1100. The first-order valence-electron chi connectivity index (χ1n) is 7.61. The molecular formula is C18H16N2O3S2. The lowest BCUT2D eigenvalue weighted by Gasteiger charge is -2.03. The monoisotopic (exact) mass is 372 g/mol. The van der Waals surface area contributed by atoms with Crippen molar-refractivity contribution in [1.82, 2.24) is 4.57 Å². The molecule has 0 atom stereocenters. The van der Waals surface area contributed by atoms with Gasteiger partial charge in [-0.3, -0.25) is 0 Å². The van der Waals surface area contributed by atoms with Crippen LogP contribution in [0.15, 0.2) is 57.8 Å². The molecule has 0 aliphatic heterocycles. The summed E-state index contributed by atoms with van der Waals surface area (Å²) in [6, 6.07) is 13.7. The molecule has 0 aliphatic rings. The highest BCUT2D eigenvalue weighted by Gasteiger charge is 2.14. The van der Waals surface area contributed by atoms with E-state index in [1.54, 1.807) is 22.8 Å². The first-order chi connectivity index (χ1) is 12.0. The lowest BCUT2D eigenvalue weighted by atomic mass is 10.3. The van der Waals surface area contributed by atoms with E-state index in [0.717, 1.165) is 16.0 Å². The highest BCUT2D eigenvalue weighted by Crippen LogP contribution is 2.24. The fourth-order valence-electron chi connectivity index (χ4n) is 2.37. The second-order valence-electron chi connectivity index (χ2n) is 5.12. The van der Waals surface area contributed by atoms with Gasteiger partial charge in [-0.2, -0.15) is 8.42 Å². The Hall–Kier alpha value is -2.56. The smallest absolute Gasteiger partial charge is 0.285 e. The second-order valence-corrected chi connectivity index (χ2v) is 7.73. The van der Waals surface area contributed by atoms with Gasteiger partial charge in [-0.1, -0.05) is 35.5 Å². The minimum absolute atomic E-state index is 0.148. The minimum atomic E-state index is -3.81. The van der Waals surface area contributed by atoms with Gasteiger partial charge in [0.05, 0.1) is 28.3 Å². The molecule has 0 saturated heterocycles. The van der Waals surface area contributed by atoms with Gasteiger partial charge in [0.1, 0.15) is 5.75 Å². The highest BCUT2D eigenvalue weighted by molar-refractivity contribution is 7.90. The zero-order valence-electron chi connectivity index (χ0n) is 13.5. The van der Waals surface area contributed by atoms with Crippen LogP contribution in [-0.2, 0) is 16.6 Å². The number of rotatable bonds is 5. The SMILES string of the molecule is C#CCn1/c(=N/S(=O)(=O)c2ccccc2)sc2cc(OCC)ccc21. The normalized spacial score (nSPS) is 12.2. The van der Waals surface area contributed by atoms with E-state index in [9.17, 15) is 8.42 Å². The summed E-state index contributed by atoms with van der Waals surface area (Å²) in [5, 5.41) is 0. The van der Waals surface area contributed by atoms with Gasteiger partial charge in [-0.05, 0) is 37.3 Å². The maximum Gasteiger partial charge on any atom is 0.285 e. The molecule has 0 unspecified atom stereocenters. The van der Waals surface area contributed by atoms with E-state index in [0.29, 0.717) is 11.4 Å². The predicted molar refractivity (Wildman–Crippen MR) is 99.0 cm³/mol. The summed E-state index contributed by atoms with van der Waals surface area (Å²) in [5.41, 5.74) is 0.827. The summed E-state index contributed by atoms with van der Waals surface area (Å²) >= 11 is 1.27. The van der Waals surface area contributed by atoms with Gasteiger partial charge in [-0.15, -0.1) is 10.8 Å². The number of hydrogen-bond donors (Lipinski definition) is 0. The molecule has 0 saturated carbocycles. The fraction of sp³-hybridized carbons (Fsp3) is 0.167. The van der Waals surface area contributed by atoms with E-state index in [1.165, 1.54) is 23.5 Å². The minimum Gasteiger partial charge on any atom is -0.494 e. The zero-order valence-corrected chi connectivity index (χ0v) is 15.2. The molecule has 7 heteroatoms. The third-order valence-corrected chi connectivity index (χ3v) is 5.89. The summed E-state index contributed by atoms with van der Waals surface area (Å²) < 4.78 is 37.2. The number of thiazole rings is 1. The zero-order chi connectivity index (χ0) is 17.9. The molecule has 1 aromatic heterocycles. The lowest BCUT2D eigenvalue weighted by molar-refractivity contribution is 0.341. The molecule has 0 radical (unpaired) electrons. The van der Waals surface area contributed by atoms with Crippen molar-refractivity contribution < 1.29 is 13.2 Å². The Morgan fingerprint density at radius 3 is 2.68 bits per heavy atom. The van der Waals surface area contributed by atoms with Crippen molar-refractivity contribution >= 4 is 31.6 Å². The van der Waals surface area contributed by atoms with Crippen LogP contribution in [0.5, 0.6) is 5.75 Å². The summed E-state index contributed by atoms with van der Waals surface area (Å²) in [4.78, 5) is 0.486. The highest BCUT2D eigenvalue weighted by atomic mass is 32.2. The molecule has 0 spiro atoms. The number of fused-ring (bicyclic) bond motifs is 1. The summed E-state index contributed by atoms with van der Waals surface area (Å²) in [5.74, 6) is 3.28. The number of sulfonamides is 1. The van der Waals surface area contributed by atoms with Crippen molar-refractivity contribution in [3.05, 3.63) is 53.3 Å². The first kappa shape index (κ1) is 17.3. The van der Waals surface area contributed by atoms with Crippen molar-refractivity contribution in [2.75, 3.05) is 6.61 Å². The Morgan fingerprint density at radius 2 is 2.00 bits per heavy atom. The molecule has 25 heavy (non-hydrogen) atoms. The van der Waals surface area contributed by atoms with Crippen LogP contribution in [-0.4, -0.2) is 19.6 Å². The molecule has 3 rings (SSSR count). The van der Waals surface area contributed by atoms with Crippen LogP contribution in [0.25, 0.3) is 10.2 Å². The topological polar surface area (TPSA) is 60.7 Å². The number of terminal acetylenes is 1. The van der Waals surface area contributed by atoms with Crippen LogP contribution in [0, 0.1) is 12.3 Å². The van der Waals surface area contributed by atoms with Gasteiger partial charge in [0, 0.05) is 0 Å². The Morgan fingerprint density at radius 1 is 1.24 bits per heavy atom. The van der Waals surface area contributed by atoms with E-state index >= 15 is 0 Å². The third kappa shape index (κ3) is 3.60. The number of aromatic nitrogens is 1. The van der Waals surface area contributed by atoms with E-state index in [-0.39, 0.29) is 11.4 Å². The third-order valence-electron chi connectivity index (χ3n) is 3.45. The van der Waals surface area contributed by atoms with Crippen molar-refractivity contribution in [1.29, 1.82) is 0 Å². The average Bonchev–Trinajstić information content (AvgIpc) is 2.92. The average molecular weight is 372 g/mol. The van der Waals surface area contributed by atoms with E-state index in [1.807, 2.05) is 25.1 Å². The summed E-state index contributed by atoms with van der Waals surface area (Å²) in [6.45, 7) is 2.70. The van der Waals surface area contributed by atoms with E-state index in [4.69, 9.17) is 11.2 Å². The molecule has 2 aromatic carbocycles. The molecule has 128 valence electrons. The Balaban J connectivity index is 2.21. The van der Waals surface area contributed by atoms with Crippen molar-refractivity contribution in [3.63, 3.8) is 0 Å². The number of hydrogen-bond acceptors (Lipinski definition) is 4. The molecule has 0 N–H and O–H groups in total. The van der Waals surface area contributed by atoms with Crippen LogP contribution in [0.3, 0.4) is 0 Å². The van der Waals surface area contributed by atoms with Gasteiger partial charge in [0.15, 0.2) is 0 Å². The number of ether oxygens (including phenoxy) is 1. The van der Waals surface area contributed by atoms with E-state index in [2.05, 4.69) is 10.3 Å². The summed E-state index contributed by atoms with van der Waals surface area (Å²) in [7, 11) is -3.81. The van der Waals surface area contributed by atoms with Crippen molar-refractivity contribution in [2.45, 2.75) is 18.4 Å². The quantitative estimate of drug-likeness (QED) is 0.647. The molecule has 0 bridgehead atoms. The van der Waals surface area contributed by atoms with Gasteiger partial charge >= 0.3 is 0 Å². The molecule has 5 nitrogen and oxygen atoms in total. The van der Waals surface area contributed by atoms with Gasteiger partial charge in [-0.25, -0.2) is 0 Å². The van der Waals surface area contributed by atoms with Crippen LogP contribution in [0.4, 0.5) is 0 Å². The van der Waals surface area contributed by atoms with Crippen LogP contribution in [0.2, 0.25) is 0 Å². The van der Waals surface area contributed by atoms with Crippen molar-refractivity contribution in [3.8, 4) is 18.1 Å². The van der Waals surface area contributed by atoms with Gasteiger partial charge < -0.3 is 9.30 Å². The number of benzene rings is 2. The summed E-state index contributed by atoms with van der Waals surface area (Å²) in [6.07, 6.45) is 5.45. The first-order valence-corrected chi connectivity index (χ1v) is 9.86. The Kier molecular flexibility index (Phi) is 4.93. The van der Waals surface area contributed by atoms with Gasteiger partial charge in [0.2, 0.25) is 4.80 Å². The Labute approximate surface area is 150 Å². The predicted octanol–water partition coefficient (Wildman–Crippen LogP) is 3.02. The van der Waals surface area contributed by atoms with Crippen LogP contribution < -0.4 is 9.54 Å². The van der Waals surface area contributed by atoms with Crippen LogP contribution in [0.1, 0.15) is 6.92 Å². The maximum absolute atomic E-state index is 12.6. The second kappa shape index (κ2) is 7.13. The standard InChI is InChI=1S/C18H16N2O3S2/c1-3-12-20-16-11-10-14(23-4-2)13-17(16)24-18(20)19-25(21,22)15-8-6-5-7-9-15/h1,5-11,13H,4,12H2,2H3/b19-18-. The largest absolute Gasteiger partial charge is 0.494 e. The molecule has 0 aliphatic carbocycles. The molecule has 0 fully saturated rings. The van der Waals surface area contributed by atoms with Gasteiger partial charge in [0.25, 0.3) is 10.0 Å². The maximum atomic E-state index is 12.6. The molecule has 0 amide bonds. The van der Waals surface area contributed by atoms with Crippen LogP contribution >= 0.6 is 11.3 Å². The van der Waals surface area contributed by atoms with E-state index < -0.39 is 10.0 Å². The molecule has 3 aromatic rings. The lowest BCUT2D eigenvalue weighted by Crippen LogP contribution is -2.16.